The number of carbonyl (C=O) groups is 1. The molecule has 1 aromatic heterocycles. The highest BCUT2D eigenvalue weighted by molar-refractivity contribution is 8.14. The number of ketones is 1. The van der Waals surface area contributed by atoms with Crippen LogP contribution < -0.4 is 4.90 Å². The van der Waals surface area contributed by atoms with E-state index in [4.69, 9.17) is 0 Å². The molecule has 5 heteroatoms. The summed E-state index contributed by atoms with van der Waals surface area (Å²) in [7, 11) is 0. The average Bonchev–Trinajstić information content (AvgIpc) is 3.09. The Hall–Kier alpha value is -1.59. The predicted molar refractivity (Wildman–Crippen MR) is 91.8 cm³/mol. The number of aliphatic imine (C=N–C) groups is 1. The van der Waals surface area contributed by atoms with Crippen LogP contribution in [0.15, 0.2) is 52.8 Å². The van der Waals surface area contributed by atoms with Gasteiger partial charge in [-0.05, 0) is 30.0 Å². The van der Waals surface area contributed by atoms with Crippen LogP contribution in [-0.2, 0) is 0 Å². The number of anilines is 1. The molecule has 21 heavy (non-hydrogen) atoms. The second-order valence-electron chi connectivity index (χ2n) is 4.69. The third kappa shape index (κ3) is 3.54. The van der Waals surface area contributed by atoms with E-state index in [1.54, 1.807) is 11.8 Å². The van der Waals surface area contributed by atoms with Crippen LogP contribution >= 0.6 is 23.1 Å². The van der Waals surface area contributed by atoms with Crippen LogP contribution in [-0.4, -0.2) is 29.8 Å². The second kappa shape index (κ2) is 6.91. The minimum atomic E-state index is 0.141. The molecule has 0 atom stereocenters. The van der Waals surface area contributed by atoms with Crippen LogP contribution in [0.3, 0.4) is 0 Å². The van der Waals surface area contributed by atoms with Gasteiger partial charge in [0.15, 0.2) is 11.0 Å². The molecule has 0 bridgehead atoms. The van der Waals surface area contributed by atoms with Gasteiger partial charge in [0, 0.05) is 18.0 Å². The van der Waals surface area contributed by atoms with Gasteiger partial charge < -0.3 is 4.90 Å². The van der Waals surface area contributed by atoms with E-state index in [1.165, 1.54) is 11.3 Å². The molecular weight excluding hydrogens is 300 g/mol. The van der Waals surface area contributed by atoms with Gasteiger partial charge in [-0.15, -0.1) is 11.3 Å². The fraction of sp³-hybridized carbons (Fsp3) is 0.250. The first kappa shape index (κ1) is 14.4. The van der Waals surface area contributed by atoms with Crippen molar-refractivity contribution in [3.63, 3.8) is 0 Å². The summed E-state index contributed by atoms with van der Waals surface area (Å²) in [6.45, 7) is 1.19. The Bertz CT molecular complexity index is 623. The van der Waals surface area contributed by atoms with Gasteiger partial charge in [-0.1, -0.05) is 36.0 Å². The first-order valence-electron chi connectivity index (χ1n) is 6.91. The number of carbonyl (C=O) groups excluding carboxylic acids is 1. The van der Waals surface area contributed by atoms with Crippen molar-refractivity contribution in [3.8, 4) is 0 Å². The van der Waals surface area contributed by atoms with Crippen LogP contribution in [0.2, 0.25) is 0 Å². The van der Waals surface area contributed by atoms with Crippen molar-refractivity contribution in [2.24, 2.45) is 4.99 Å². The van der Waals surface area contributed by atoms with E-state index in [2.05, 4.69) is 4.99 Å². The van der Waals surface area contributed by atoms with Gasteiger partial charge in [0.05, 0.1) is 11.4 Å². The van der Waals surface area contributed by atoms with E-state index in [9.17, 15) is 4.79 Å². The van der Waals surface area contributed by atoms with E-state index in [-0.39, 0.29) is 5.78 Å². The number of rotatable bonds is 4. The van der Waals surface area contributed by atoms with E-state index in [0.717, 1.165) is 34.5 Å². The maximum atomic E-state index is 12.4. The summed E-state index contributed by atoms with van der Waals surface area (Å²) in [5, 5.41) is 2.89. The molecule has 0 fully saturated rings. The molecule has 0 unspecified atom stereocenters. The van der Waals surface area contributed by atoms with Crippen LogP contribution in [0.1, 0.15) is 16.1 Å². The van der Waals surface area contributed by atoms with Gasteiger partial charge >= 0.3 is 0 Å². The molecule has 2 aromatic rings. The van der Waals surface area contributed by atoms with Crippen molar-refractivity contribution in [2.75, 3.05) is 23.7 Å². The van der Waals surface area contributed by atoms with Gasteiger partial charge in [-0.2, -0.15) is 0 Å². The minimum absolute atomic E-state index is 0.141. The number of hydrogen-bond acceptors (Lipinski definition) is 5. The Morgan fingerprint density at radius 2 is 2.05 bits per heavy atom. The van der Waals surface area contributed by atoms with Gasteiger partial charge in [0.25, 0.3) is 0 Å². The molecule has 1 aromatic carbocycles. The third-order valence-corrected chi connectivity index (χ3v) is 5.19. The minimum Gasteiger partial charge on any atom is -0.313 e. The summed E-state index contributed by atoms with van der Waals surface area (Å²) in [5.41, 5.74) is 1.02. The molecule has 0 N–H and O–H groups in total. The number of Topliss-reactive ketones (excluding diaryl/α,β-unsaturated/α-hetero) is 1. The van der Waals surface area contributed by atoms with Crippen LogP contribution in [0.4, 0.5) is 5.69 Å². The lowest BCUT2D eigenvalue weighted by atomic mass is 10.2. The summed E-state index contributed by atoms with van der Waals surface area (Å²) in [5.74, 6) is 1.21. The maximum absolute atomic E-state index is 12.4. The number of thiophene rings is 1. The maximum Gasteiger partial charge on any atom is 0.192 e. The molecule has 1 aliphatic heterocycles. The van der Waals surface area contributed by atoms with E-state index >= 15 is 0 Å². The molecule has 0 spiro atoms. The van der Waals surface area contributed by atoms with Crippen LogP contribution in [0, 0.1) is 0 Å². The molecule has 1 aliphatic rings. The first-order chi connectivity index (χ1) is 10.3. The number of hydrogen-bond donors (Lipinski definition) is 0. The van der Waals surface area contributed by atoms with Gasteiger partial charge in [-0.3, -0.25) is 9.79 Å². The number of thioether (sulfide) groups is 1. The molecule has 108 valence electrons. The summed E-state index contributed by atoms with van der Waals surface area (Å²) in [4.78, 5) is 19.9. The van der Waals surface area contributed by atoms with Crippen molar-refractivity contribution in [3.05, 3.63) is 52.7 Å². The Kier molecular flexibility index (Phi) is 4.72. The number of para-hydroxylation sites is 1. The Balaban J connectivity index is 1.85. The summed E-state index contributed by atoms with van der Waals surface area (Å²) < 4.78 is 0. The van der Waals surface area contributed by atoms with Crippen molar-refractivity contribution in [2.45, 2.75) is 6.42 Å². The second-order valence-corrected chi connectivity index (χ2v) is 6.70. The Morgan fingerprint density at radius 3 is 2.71 bits per heavy atom. The molecule has 0 saturated heterocycles. The average molecular weight is 316 g/mol. The predicted octanol–water partition coefficient (Wildman–Crippen LogP) is 3.93. The Labute approximate surface area is 132 Å². The highest BCUT2D eigenvalue weighted by Gasteiger charge is 2.20. The largest absolute Gasteiger partial charge is 0.313 e. The van der Waals surface area contributed by atoms with Gasteiger partial charge in [0.1, 0.15) is 0 Å². The summed E-state index contributed by atoms with van der Waals surface area (Å²) >= 11 is 3.22. The zero-order valence-corrected chi connectivity index (χ0v) is 13.2. The lowest BCUT2D eigenvalue weighted by molar-refractivity contribution is 0.101. The third-order valence-electron chi connectivity index (χ3n) is 3.18. The molecule has 3 rings (SSSR count). The lowest BCUT2D eigenvalue weighted by Crippen LogP contribution is -2.35. The SMILES string of the molecule is O=C(CN(C1=NCCCS1)c1ccccc1)c1cccs1. The fourth-order valence-electron chi connectivity index (χ4n) is 2.15. The number of nitrogens with zero attached hydrogens (tertiary/aromatic N) is 2. The number of benzene rings is 1. The zero-order chi connectivity index (χ0) is 14.5. The van der Waals surface area contributed by atoms with Crippen LogP contribution in [0.5, 0.6) is 0 Å². The highest BCUT2D eigenvalue weighted by Crippen LogP contribution is 2.23. The van der Waals surface area contributed by atoms with Crippen LogP contribution in [0.25, 0.3) is 0 Å². The van der Waals surface area contributed by atoms with E-state index in [0.29, 0.717) is 6.54 Å². The normalized spacial score (nSPS) is 14.6. The van der Waals surface area contributed by atoms with E-state index < -0.39 is 0 Å². The van der Waals surface area contributed by atoms with Crippen molar-refractivity contribution in [1.29, 1.82) is 0 Å². The molecular formula is C16H16N2OS2. The van der Waals surface area contributed by atoms with Crippen molar-refractivity contribution >= 4 is 39.7 Å². The smallest absolute Gasteiger partial charge is 0.192 e. The molecule has 0 saturated carbocycles. The number of amidine groups is 1. The monoisotopic (exact) mass is 316 g/mol. The van der Waals surface area contributed by atoms with E-state index in [1.807, 2.05) is 52.7 Å². The van der Waals surface area contributed by atoms with Gasteiger partial charge in [0.2, 0.25) is 0 Å². The lowest BCUT2D eigenvalue weighted by Gasteiger charge is -2.26. The quantitative estimate of drug-likeness (QED) is 0.801. The Morgan fingerprint density at radius 1 is 1.19 bits per heavy atom. The highest BCUT2D eigenvalue weighted by atomic mass is 32.2. The molecule has 0 aliphatic carbocycles. The standard InChI is InChI=1S/C16H16N2OS2/c19-14(15-8-4-10-20-15)12-18(13-6-2-1-3-7-13)16-17-9-5-11-21-16/h1-4,6-8,10H,5,9,11-12H2. The molecule has 0 amide bonds. The topological polar surface area (TPSA) is 32.7 Å². The fourth-order valence-corrected chi connectivity index (χ4v) is 3.77. The van der Waals surface area contributed by atoms with Crippen molar-refractivity contribution in [1.82, 2.24) is 0 Å². The summed E-state index contributed by atoms with van der Waals surface area (Å²) in [6.07, 6.45) is 1.11. The molecule has 3 nitrogen and oxygen atoms in total. The molecule has 2 heterocycles. The van der Waals surface area contributed by atoms with Gasteiger partial charge in [-0.25, -0.2) is 0 Å². The summed E-state index contributed by atoms with van der Waals surface area (Å²) in [6, 6.07) is 13.8. The van der Waals surface area contributed by atoms with Crippen molar-refractivity contribution < 1.29 is 4.79 Å². The zero-order valence-electron chi connectivity index (χ0n) is 11.6. The molecule has 0 radical (unpaired) electrons. The first-order valence-corrected chi connectivity index (χ1v) is 8.77.